The molecular weight excluding hydrogens is 249 g/mol. The van der Waals surface area contributed by atoms with Crippen molar-refractivity contribution in [2.45, 2.75) is 45.6 Å². The molecule has 0 aliphatic carbocycles. The van der Waals surface area contributed by atoms with Gasteiger partial charge in [-0.15, -0.1) is 0 Å². The van der Waals surface area contributed by atoms with Crippen LogP contribution in [0.5, 0.6) is 0 Å². The summed E-state index contributed by atoms with van der Waals surface area (Å²) in [6.07, 6.45) is 1.70. The summed E-state index contributed by atoms with van der Waals surface area (Å²) in [7, 11) is 0.750. The summed E-state index contributed by atoms with van der Waals surface area (Å²) in [5, 5.41) is 8.25. The second-order valence-electron chi connectivity index (χ2n) is 4.48. The van der Waals surface area contributed by atoms with E-state index in [1.165, 1.54) is 4.90 Å². The molecule has 1 heterocycles. The van der Waals surface area contributed by atoms with E-state index in [1.807, 2.05) is 0 Å². The monoisotopic (exact) mass is 269 g/mol. The van der Waals surface area contributed by atoms with Crippen molar-refractivity contribution in [3.05, 3.63) is 0 Å². The second-order valence-corrected chi connectivity index (χ2v) is 4.48. The summed E-state index contributed by atoms with van der Waals surface area (Å²) in [6.45, 7) is 5.87. The van der Waals surface area contributed by atoms with Crippen molar-refractivity contribution in [1.29, 1.82) is 0 Å². The van der Waals surface area contributed by atoms with Crippen molar-refractivity contribution < 1.29 is 70.8 Å². The van der Waals surface area contributed by atoms with Gasteiger partial charge in [0.2, 0.25) is 5.91 Å². The van der Waals surface area contributed by atoms with E-state index in [1.54, 1.807) is 20.8 Å². The van der Waals surface area contributed by atoms with E-state index in [9.17, 15) is 9.59 Å². The first kappa shape index (κ1) is 19.9. The average molecular weight is 269 g/mol. The predicted octanol–water partition coefficient (Wildman–Crippen LogP) is -2.09. The van der Waals surface area contributed by atoms with Crippen LogP contribution in [0.2, 0.25) is 0 Å². The molecule has 0 saturated carbocycles. The van der Waals surface area contributed by atoms with Crippen molar-refractivity contribution in [3.63, 3.8) is 0 Å². The van der Waals surface area contributed by atoms with Crippen molar-refractivity contribution in [2.24, 2.45) is 0 Å². The molecule has 1 aliphatic rings. The van der Waals surface area contributed by atoms with Gasteiger partial charge in [-0.25, -0.2) is 9.69 Å². The Balaban J connectivity index is 0. The quantitative estimate of drug-likeness (QED) is 0.473. The Hall–Kier alpha value is 0.536. The minimum Gasteiger partial charge on any atom is -0.857 e. The third-order valence-electron chi connectivity index (χ3n) is 1.94. The van der Waals surface area contributed by atoms with E-state index in [0.717, 1.165) is 20.0 Å². The maximum absolute atomic E-state index is 11.5. The van der Waals surface area contributed by atoms with Crippen LogP contribution >= 0.6 is 0 Å². The average Bonchev–Trinajstić information content (AvgIpc) is 2.18. The fourth-order valence-corrected chi connectivity index (χ4v) is 1.32. The molecule has 0 aromatic rings. The molecule has 0 aromatic heterocycles. The number of rotatable bonds is 0. The van der Waals surface area contributed by atoms with Crippen LogP contribution in [0.15, 0.2) is 0 Å². The van der Waals surface area contributed by atoms with Gasteiger partial charge in [0.05, 0.1) is 0 Å². The number of hydrogen-bond donors (Lipinski definition) is 0. The Morgan fingerprint density at radius 1 is 1.29 bits per heavy atom. The smallest absolute Gasteiger partial charge is 0.857 e. The third-order valence-corrected chi connectivity index (χ3v) is 1.94. The van der Waals surface area contributed by atoms with E-state index >= 15 is 0 Å². The Kier molecular flexibility index (Phi) is 11.1. The molecule has 0 unspecified atom stereocenters. The number of hydrogen-bond acceptors (Lipinski definition) is 4. The topological polar surface area (TPSA) is 69.7 Å². The van der Waals surface area contributed by atoms with Gasteiger partial charge in [-0.1, -0.05) is 0 Å². The molecule has 1 rings (SSSR count). The Labute approximate surface area is 145 Å². The molecule has 0 aromatic carbocycles. The molecule has 1 aliphatic heterocycles. The van der Waals surface area contributed by atoms with E-state index in [0.29, 0.717) is 13.0 Å². The van der Waals surface area contributed by atoms with Crippen molar-refractivity contribution in [2.75, 3.05) is 13.7 Å². The first-order valence-corrected chi connectivity index (χ1v) is 5.34. The van der Waals surface area contributed by atoms with Gasteiger partial charge in [0, 0.05) is 13.0 Å². The fraction of sp³-hybridized carbons (Fsp3) is 0.818. The second kappa shape index (κ2) is 9.46. The van der Waals surface area contributed by atoms with Gasteiger partial charge in [0.25, 0.3) is 0 Å². The summed E-state index contributed by atoms with van der Waals surface area (Å²) < 4.78 is 5.11. The summed E-state index contributed by atoms with van der Waals surface area (Å²) in [4.78, 5) is 24.1. The maximum atomic E-state index is 11.5. The molecule has 94 valence electrons. The number of imide groups is 1. The zero-order valence-corrected chi connectivity index (χ0v) is 14.5. The number of ether oxygens (including phenoxy) is 1. The Bertz CT molecular complexity index is 250. The van der Waals surface area contributed by atoms with Crippen LogP contribution in [-0.2, 0) is 9.53 Å². The molecule has 0 N–H and O–H groups in total. The van der Waals surface area contributed by atoms with Gasteiger partial charge in [-0.3, -0.25) is 4.79 Å². The standard InChI is InChI=1S/C10H17NO3.CH3O.K/c1-10(2,3)14-9(13)11-7-5-4-6-8(11)12;1-2;/h4-7H2,1-3H3;1H3;/q;-1;+1. The van der Waals surface area contributed by atoms with Crippen molar-refractivity contribution in [3.8, 4) is 0 Å². The van der Waals surface area contributed by atoms with Crippen LogP contribution in [-0.4, -0.2) is 36.2 Å². The zero-order chi connectivity index (χ0) is 12.8. The van der Waals surface area contributed by atoms with Crippen LogP contribution in [0.25, 0.3) is 0 Å². The van der Waals surface area contributed by atoms with Gasteiger partial charge < -0.3 is 9.84 Å². The van der Waals surface area contributed by atoms with Crippen LogP contribution in [0.3, 0.4) is 0 Å². The molecule has 6 heteroatoms. The van der Waals surface area contributed by atoms with Crippen LogP contribution < -0.4 is 56.5 Å². The molecule has 17 heavy (non-hydrogen) atoms. The number of piperidine rings is 1. The summed E-state index contributed by atoms with van der Waals surface area (Å²) >= 11 is 0. The minimum atomic E-state index is -0.533. The summed E-state index contributed by atoms with van der Waals surface area (Å²) in [6, 6.07) is 0. The molecule has 2 amide bonds. The number of amides is 2. The minimum absolute atomic E-state index is 0. The molecule has 0 bridgehead atoms. The fourth-order valence-electron chi connectivity index (χ4n) is 1.32. The molecular formula is C11H20KNO4. The van der Waals surface area contributed by atoms with Gasteiger partial charge in [0.1, 0.15) is 5.60 Å². The van der Waals surface area contributed by atoms with Crippen molar-refractivity contribution in [1.82, 2.24) is 4.90 Å². The maximum Gasteiger partial charge on any atom is 1.00 e. The van der Waals surface area contributed by atoms with Crippen LogP contribution in [0.4, 0.5) is 4.79 Å². The molecule has 5 nitrogen and oxygen atoms in total. The van der Waals surface area contributed by atoms with E-state index in [2.05, 4.69) is 0 Å². The van der Waals surface area contributed by atoms with E-state index in [-0.39, 0.29) is 57.3 Å². The van der Waals surface area contributed by atoms with E-state index in [4.69, 9.17) is 9.84 Å². The van der Waals surface area contributed by atoms with Crippen LogP contribution in [0.1, 0.15) is 40.0 Å². The number of carbonyl (C=O) groups is 2. The predicted molar refractivity (Wildman–Crippen MR) is 57.7 cm³/mol. The first-order chi connectivity index (χ1) is 7.40. The Morgan fingerprint density at radius 2 is 1.82 bits per heavy atom. The van der Waals surface area contributed by atoms with Gasteiger partial charge in [-0.2, -0.15) is 7.11 Å². The normalized spacial score (nSPS) is 15.4. The van der Waals surface area contributed by atoms with Gasteiger partial charge in [0.15, 0.2) is 0 Å². The van der Waals surface area contributed by atoms with Gasteiger partial charge in [-0.05, 0) is 33.6 Å². The van der Waals surface area contributed by atoms with Gasteiger partial charge >= 0.3 is 57.5 Å². The molecule has 0 spiro atoms. The number of likely N-dealkylation sites (tertiary alicyclic amines) is 1. The summed E-state index contributed by atoms with van der Waals surface area (Å²) in [5.41, 5.74) is -0.533. The van der Waals surface area contributed by atoms with Crippen molar-refractivity contribution >= 4 is 12.0 Å². The largest absolute Gasteiger partial charge is 1.00 e. The van der Waals surface area contributed by atoms with Crippen LogP contribution in [0, 0.1) is 0 Å². The number of nitrogens with zero attached hydrogens (tertiary/aromatic N) is 1. The molecule has 1 fully saturated rings. The van der Waals surface area contributed by atoms with E-state index < -0.39 is 11.7 Å². The summed E-state index contributed by atoms with van der Waals surface area (Å²) in [5.74, 6) is -0.120. The SMILES string of the molecule is CC(C)(C)OC(=O)N1CCCCC1=O.C[O-].[K+]. The molecule has 1 saturated heterocycles. The first-order valence-electron chi connectivity index (χ1n) is 5.34. The molecule has 0 atom stereocenters. The number of carbonyl (C=O) groups excluding carboxylic acids is 2. The molecule has 0 radical (unpaired) electrons. The zero-order valence-electron chi connectivity index (χ0n) is 11.4. The Morgan fingerprint density at radius 3 is 2.24 bits per heavy atom. The third kappa shape index (κ3) is 8.29.